The van der Waals surface area contributed by atoms with Crippen LogP contribution in [0.1, 0.15) is 25.8 Å². The zero-order valence-corrected chi connectivity index (χ0v) is 13.6. The van der Waals surface area contributed by atoms with Gasteiger partial charge in [0.05, 0.1) is 7.11 Å². The van der Waals surface area contributed by atoms with Gasteiger partial charge in [0.15, 0.2) is 0 Å². The summed E-state index contributed by atoms with van der Waals surface area (Å²) in [5.41, 5.74) is 1.63. The van der Waals surface area contributed by atoms with Gasteiger partial charge < -0.3 is 15.0 Å². The summed E-state index contributed by atoms with van der Waals surface area (Å²) in [5, 5.41) is 13.5. The maximum atomic E-state index is 12.7. The summed E-state index contributed by atoms with van der Waals surface area (Å²) in [7, 11) is 1.24. The van der Waals surface area contributed by atoms with Crippen molar-refractivity contribution in [2.24, 2.45) is 5.92 Å². The number of alkyl carbamates (subject to hydrolysis) is 1. The number of para-hydroxylation sites is 1. The third kappa shape index (κ3) is 3.61. The molecule has 0 aliphatic carbocycles. The summed E-state index contributed by atoms with van der Waals surface area (Å²) in [6.45, 7) is 4.30. The predicted molar refractivity (Wildman–Crippen MR) is 87.1 cm³/mol. The third-order valence-electron chi connectivity index (χ3n) is 4.10. The Labute approximate surface area is 135 Å². The number of amides is 2. The molecule has 1 aromatic rings. The highest BCUT2D eigenvalue weighted by atomic mass is 16.5. The lowest BCUT2D eigenvalue weighted by atomic mass is 9.97. The van der Waals surface area contributed by atoms with Crippen molar-refractivity contribution in [2.75, 3.05) is 12.4 Å². The monoisotopic (exact) mass is 318 g/mol. The number of carbonyl (C=O) groups is 2. The van der Waals surface area contributed by atoms with E-state index < -0.39 is 12.1 Å². The Bertz CT molecular complexity index is 617. The van der Waals surface area contributed by atoms with Crippen molar-refractivity contribution in [3.8, 4) is 0 Å². The quantitative estimate of drug-likeness (QED) is 0.575. The van der Waals surface area contributed by atoms with Gasteiger partial charge in [0.25, 0.3) is 0 Å². The molecule has 0 spiro atoms. The van der Waals surface area contributed by atoms with E-state index >= 15 is 0 Å². The van der Waals surface area contributed by atoms with Gasteiger partial charge in [0.1, 0.15) is 6.04 Å². The van der Waals surface area contributed by atoms with Crippen molar-refractivity contribution in [1.82, 2.24) is 10.2 Å². The molecule has 1 aliphatic heterocycles. The molecule has 7 nitrogen and oxygen atoms in total. The second kappa shape index (κ2) is 7.13. The first-order valence-corrected chi connectivity index (χ1v) is 7.56. The summed E-state index contributed by atoms with van der Waals surface area (Å²) in [5.74, 6) is -0.307. The molecule has 0 saturated carbocycles. The van der Waals surface area contributed by atoms with Crippen LogP contribution in [0.5, 0.6) is 0 Å². The van der Waals surface area contributed by atoms with Crippen LogP contribution in [0.2, 0.25) is 0 Å². The van der Waals surface area contributed by atoms with Crippen LogP contribution in [0.4, 0.5) is 10.5 Å². The number of hydrogen-bond acceptors (Lipinski definition) is 4. The number of nitrogens with zero attached hydrogens (tertiary/aromatic N) is 1. The number of anilines is 1. The van der Waals surface area contributed by atoms with Crippen LogP contribution in [0.3, 0.4) is 0 Å². The Hall–Kier alpha value is -2.57. The maximum absolute atomic E-state index is 12.7. The van der Waals surface area contributed by atoms with E-state index in [1.165, 1.54) is 7.11 Å². The van der Waals surface area contributed by atoms with E-state index in [0.29, 0.717) is 6.54 Å². The van der Waals surface area contributed by atoms with E-state index in [4.69, 9.17) is 5.41 Å². The van der Waals surface area contributed by atoms with Gasteiger partial charge in [0.2, 0.25) is 11.9 Å². The zero-order chi connectivity index (χ0) is 17.0. The highest BCUT2D eigenvalue weighted by Gasteiger charge is 2.35. The average molecular weight is 318 g/mol. The predicted octanol–water partition coefficient (Wildman–Crippen LogP) is 2.15. The lowest BCUT2D eigenvalue weighted by molar-refractivity contribution is -0.121. The van der Waals surface area contributed by atoms with Gasteiger partial charge in [0, 0.05) is 12.2 Å². The van der Waals surface area contributed by atoms with E-state index in [0.717, 1.165) is 17.7 Å². The van der Waals surface area contributed by atoms with Crippen LogP contribution in [0.25, 0.3) is 0 Å². The molecule has 0 radical (unpaired) electrons. The fourth-order valence-electron chi connectivity index (χ4n) is 2.64. The van der Waals surface area contributed by atoms with E-state index in [-0.39, 0.29) is 17.8 Å². The van der Waals surface area contributed by atoms with Crippen molar-refractivity contribution >= 4 is 23.6 Å². The minimum absolute atomic E-state index is 0.0177. The van der Waals surface area contributed by atoms with Gasteiger partial charge in [-0.15, -0.1) is 0 Å². The largest absolute Gasteiger partial charge is 0.453 e. The maximum Gasteiger partial charge on any atom is 0.413 e. The minimum Gasteiger partial charge on any atom is -0.453 e. The summed E-state index contributed by atoms with van der Waals surface area (Å²) in [4.78, 5) is 25.7. The molecule has 7 heteroatoms. The van der Waals surface area contributed by atoms with Crippen LogP contribution < -0.4 is 10.6 Å². The van der Waals surface area contributed by atoms with Crippen LogP contribution in [-0.4, -0.2) is 36.0 Å². The molecule has 23 heavy (non-hydrogen) atoms. The number of methoxy groups -OCH3 is 1. The van der Waals surface area contributed by atoms with Gasteiger partial charge in [-0.2, -0.15) is 0 Å². The molecule has 0 fully saturated rings. The number of guanidine groups is 1. The minimum atomic E-state index is -0.726. The second-order valence-corrected chi connectivity index (χ2v) is 5.57. The Kier molecular flexibility index (Phi) is 5.20. The van der Waals surface area contributed by atoms with Crippen molar-refractivity contribution in [3.05, 3.63) is 29.8 Å². The van der Waals surface area contributed by atoms with Crippen molar-refractivity contribution in [3.63, 3.8) is 0 Å². The summed E-state index contributed by atoms with van der Waals surface area (Å²) < 4.78 is 4.54. The molecule has 1 aliphatic rings. The summed E-state index contributed by atoms with van der Waals surface area (Å²) in [6, 6.07) is 6.92. The molecule has 2 rings (SSSR count). The van der Waals surface area contributed by atoms with Crippen molar-refractivity contribution < 1.29 is 14.3 Å². The molecule has 124 valence electrons. The highest BCUT2D eigenvalue weighted by Crippen LogP contribution is 2.26. The Morgan fingerprint density at radius 2 is 2.22 bits per heavy atom. The first-order chi connectivity index (χ1) is 11.0. The van der Waals surface area contributed by atoms with E-state index in [1.807, 2.05) is 38.1 Å². The third-order valence-corrected chi connectivity index (χ3v) is 4.10. The molecule has 3 N–H and O–H groups in total. The van der Waals surface area contributed by atoms with Crippen LogP contribution in [0, 0.1) is 11.3 Å². The standard InChI is InChI=1S/C16H22N4O3/c1-4-10(2)13-14(21)18-12-8-6-5-7-11(12)9-20(13)15(17)19-16(22)23-3/h5-8,10,13H,4,9H2,1-3H3,(H,18,21)(H2,17,19,22). The number of carbonyl (C=O) groups excluding carboxylic acids is 2. The normalized spacial score (nSPS) is 18.3. The molecule has 0 bridgehead atoms. The first kappa shape index (κ1) is 16.8. The lowest BCUT2D eigenvalue weighted by Gasteiger charge is -2.33. The van der Waals surface area contributed by atoms with E-state index in [2.05, 4.69) is 15.4 Å². The average Bonchev–Trinajstić information content (AvgIpc) is 2.69. The molecule has 2 unspecified atom stereocenters. The molecule has 1 aromatic carbocycles. The number of benzene rings is 1. The van der Waals surface area contributed by atoms with Gasteiger partial charge in [-0.05, 0) is 17.5 Å². The number of fused-ring (bicyclic) bond motifs is 1. The van der Waals surface area contributed by atoms with Crippen LogP contribution in [-0.2, 0) is 16.1 Å². The number of nitrogens with one attached hydrogen (secondary N) is 3. The Balaban J connectivity index is 2.37. The first-order valence-electron chi connectivity index (χ1n) is 7.56. The van der Waals surface area contributed by atoms with Crippen molar-refractivity contribution in [1.29, 1.82) is 5.41 Å². The van der Waals surface area contributed by atoms with E-state index in [1.54, 1.807) is 4.90 Å². The lowest BCUT2D eigenvalue weighted by Crippen LogP contribution is -2.53. The van der Waals surface area contributed by atoms with Gasteiger partial charge in [-0.3, -0.25) is 15.5 Å². The van der Waals surface area contributed by atoms with Gasteiger partial charge in [-0.1, -0.05) is 38.5 Å². The smallest absolute Gasteiger partial charge is 0.413 e. The number of hydrogen-bond donors (Lipinski definition) is 3. The molecule has 1 heterocycles. The highest BCUT2D eigenvalue weighted by molar-refractivity contribution is 6.01. The van der Waals surface area contributed by atoms with Crippen LogP contribution >= 0.6 is 0 Å². The fraction of sp³-hybridized carbons (Fsp3) is 0.438. The summed E-state index contributed by atoms with van der Waals surface area (Å²) in [6.07, 6.45) is 0.0482. The van der Waals surface area contributed by atoms with Gasteiger partial charge >= 0.3 is 6.09 Å². The van der Waals surface area contributed by atoms with Crippen molar-refractivity contribution in [2.45, 2.75) is 32.9 Å². The fourth-order valence-corrected chi connectivity index (χ4v) is 2.64. The summed E-state index contributed by atoms with van der Waals surface area (Å²) >= 11 is 0. The zero-order valence-electron chi connectivity index (χ0n) is 13.6. The molecule has 0 aromatic heterocycles. The molecular weight excluding hydrogens is 296 g/mol. The Morgan fingerprint density at radius 1 is 1.52 bits per heavy atom. The molecular formula is C16H22N4O3. The van der Waals surface area contributed by atoms with E-state index in [9.17, 15) is 9.59 Å². The second-order valence-electron chi connectivity index (χ2n) is 5.57. The SMILES string of the molecule is CCC(C)C1C(=O)Nc2ccccc2CN1C(=N)NC(=O)OC. The number of ether oxygens (including phenoxy) is 1. The Morgan fingerprint density at radius 3 is 2.87 bits per heavy atom. The molecule has 2 amide bonds. The molecule has 0 saturated heterocycles. The van der Waals surface area contributed by atoms with Gasteiger partial charge in [-0.25, -0.2) is 4.79 Å². The topological polar surface area (TPSA) is 94.5 Å². The van der Waals surface area contributed by atoms with Crippen LogP contribution in [0.15, 0.2) is 24.3 Å². The molecule has 2 atom stereocenters. The number of rotatable bonds is 2.